The number of morpholine rings is 1. The van der Waals surface area contributed by atoms with Crippen molar-refractivity contribution in [2.45, 2.75) is 65.3 Å². The van der Waals surface area contributed by atoms with Crippen molar-refractivity contribution in [2.75, 3.05) is 19.8 Å². The van der Waals surface area contributed by atoms with Gasteiger partial charge in [0, 0.05) is 25.5 Å². The molecule has 9 heteroatoms. The normalized spacial score (nSPS) is 17.7. The molecule has 1 fully saturated rings. The van der Waals surface area contributed by atoms with E-state index in [0.29, 0.717) is 19.6 Å². The molecule has 2 N–H and O–H groups in total. The average molecular weight is 435 g/mol. The van der Waals surface area contributed by atoms with Crippen LogP contribution in [0.1, 0.15) is 46.6 Å². The minimum absolute atomic E-state index is 0.0524. The molecule has 31 heavy (non-hydrogen) atoms. The van der Waals surface area contributed by atoms with Crippen LogP contribution in [-0.2, 0) is 25.6 Å². The monoisotopic (exact) mass is 434 g/mol. The number of pyridine rings is 1. The number of nitrogens with zero attached hydrogens (tertiary/aromatic N) is 2. The SMILES string of the molecule is CC(C)C[C@H](NC(=O)[C@@H]1COCCN1C(=O)OC(C)(C)C)C(=O)NCc1cccnc1. The molecular weight excluding hydrogens is 400 g/mol. The predicted octanol–water partition coefficient (Wildman–Crippen LogP) is 1.86. The molecule has 0 radical (unpaired) electrons. The first kappa shape index (κ1) is 24.6. The van der Waals surface area contributed by atoms with E-state index < -0.39 is 29.7 Å². The molecule has 9 nitrogen and oxygen atoms in total. The maximum absolute atomic E-state index is 13.0. The average Bonchev–Trinajstić information content (AvgIpc) is 2.70. The topological polar surface area (TPSA) is 110 Å². The van der Waals surface area contributed by atoms with Crippen molar-refractivity contribution < 1.29 is 23.9 Å². The fourth-order valence-electron chi connectivity index (χ4n) is 3.15. The zero-order valence-electron chi connectivity index (χ0n) is 19.0. The Hall–Kier alpha value is -2.68. The summed E-state index contributed by atoms with van der Waals surface area (Å²) in [7, 11) is 0. The maximum Gasteiger partial charge on any atom is 0.411 e. The van der Waals surface area contributed by atoms with Gasteiger partial charge in [0.1, 0.15) is 17.7 Å². The van der Waals surface area contributed by atoms with Crippen LogP contribution >= 0.6 is 0 Å². The third kappa shape index (κ3) is 8.16. The van der Waals surface area contributed by atoms with E-state index in [-0.39, 0.29) is 25.0 Å². The smallest absolute Gasteiger partial charge is 0.411 e. The summed E-state index contributed by atoms with van der Waals surface area (Å²) < 4.78 is 10.9. The fraction of sp³-hybridized carbons (Fsp3) is 0.636. The summed E-state index contributed by atoms with van der Waals surface area (Å²) in [5, 5.41) is 5.65. The lowest BCUT2D eigenvalue weighted by molar-refractivity contribution is -0.136. The van der Waals surface area contributed by atoms with Crippen molar-refractivity contribution in [3.63, 3.8) is 0 Å². The lowest BCUT2D eigenvalue weighted by Gasteiger charge is -2.36. The number of carbonyl (C=O) groups is 3. The van der Waals surface area contributed by atoms with Gasteiger partial charge >= 0.3 is 6.09 Å². The summed E-state index contributed by atoms with van der Waals surface area (Å²) in [5.41, 5.74) is 0.185. The molecule has 0 spiro atoms. The van der Waals surface area contributed by atoms with E-state index in [1.54, 1.807) is 39.2 Å². The quantitative estimate of drug-likeness (QED) is 0.678. The number of nitrogens with one attached hydrogen (secondary N) is 2. The number of aromatic nitrogens is 1. The Bertz CT molecular complexity index is 748. The van der Waals surface area contributed by atoms with Gasteiger partial charge < -0.3 is 20.1 Å². The molecule has 3 amide bonds. The second-order valence-electron chi connectivity index (χ2n) is 9.03. The molecular formula is C22H34N4O5. The van der Waals surface area contributed by atoms with Crippen molar-refractivity contribution >= 4 is 17.9 Å². The third-order valence-corrected chi connectivity index (χ3v) is 4.59. The number of ether oxygens (including phenoxy) is 2. The van der Waals surface area contributed by atoms with Crippen LogP contribution in [0.15, 0.2) is 24.5 Å². The highest BCUT2D eigenvalue weighted by Gasteiger charge is 2.37. The Kier molecular flexibility index (Phi) is 8.79. The molecule has 2 rings (SSSR count). The first-order valence-electron chi connectivity index (χ1n) is 10.6. The maximum atomic E-state index is 13.0. The van der Waals surface area contributed by atoms with Gasteiger partial charge in [-0.1, -0.05) is 19.9 Å². The van der Waals surface area contributed by atoms with Crippen molar-refractivity contribution in [3.05, 3.63) is 30.1 Å². The Balaban J connectivity index is 2.05. The van der Waals surface area contributed by atoms with E-state index in [4.69, 9.17) is 9.47 Å². The Morgan fingerprint density at radius 2 is 2.06 bits per heavy atom. The summed E-state index contributed by atoms with van der Waals surface area (Å²) in [6, 6.07) is 2.07. The first-order chi connectivity index (χ1) is 14.6. The highest BCUT2D eigenvalue weighted by atomic mass is 16.6. The summed E-state index contributed by atoms with van der Waals surface area (Å²) >= 11 is 0. The van der Waals surface area contributed by atoms with Crippen LogP contribution in [0.25, 0.3) is 0 Å². The molecule has 0 bridgehead atoms. The predicted molar refractivity (Wildman–Crippen MR) is 115 cm³/mol. The molecule has 1 aliphatic rings. The van der Waals surface area contributed by atoms with Crippen LogP contribution < -0.4 is 10.6 Å². The molecule has 0 unspecified atom stereocenters. The molecule has 172 valence electrons. The lowest BCUT2D eigenvalue weighted by Crippen LogP contribution is -2.59. The van der Waals surface area contributed by atoms with Crippen LogP contribution in [0.2, 0.25) is 0 Å². The van der Waals surface area contributed by atoms with Crippen LogP contribution in [0.3, 0.4) is 0 Å². The van der Waals surface area contributed by atoms with Gasteiger partial charge in [-0.15, -0.1) is 0 Å². The first-order valence-corrected chi connectivity index (χ1v) is 10.6. The molecule has 0 aliphatic carbocycles. The molecule has 1 saturated heterocycles. The number of amides is 3. The van der Waals surface area contributed by atoms with Crippen LogP contribution in [0.4, 0.5) is 4.79 Å². The Morgan fingerprint density at radius 3 is 2.68 bits per heavy atom. The molecule has 2 heterocycles. The molecule has 0 aromatic carbocycles. The Labute approximate surface area is 183 Å². The number of hydrogen-bond acceptors (Lipinski definition) is 6. The minimum Gasteiger partial charge on any atom is -0.444 e. The van der Waals surface area contributed by atoms with Crippen LogP contribution in [0, 0.1) is 5.92 Å². The standard InChI is InChI=1S/C22H34N4O5/c1-15(2)11-17(19(27)24-13-16-7-6-8-23-12-16)25-20(28)18-14-30-10-9-26(18)21(29)31-22(3,4)5/h6-8,12,15,17-18H,9-11,13-14H2,1-5H3,(H,24,27)(H,25,28)/t17-,18-/m0/s1. The lowest BCUT2D eigenvalue weighted by atomic mass is 10.0. The van der Waals surface area contributed by atoms with Crippen LogP contribution in [-0.4, -0.2) is 65.2 Å². The molecule has 1 aliphatic heterocycles. The number of carbonyl (C=O) groups excluding carboxylic acids is 3. The van der Waals surface area contributed by atoms with Crippen molar-refractivity contribution in [1.82, 2.24) is 20.5 Å². The van der Waals surface area contributed by atoms with Gasteiger partial charge in [-0.2, -0.15) is 0 Å². The number of rotatable bonds is 7. The van der Waals surface area contributed by atoms with E-state index in [9.17, 15) is 14.4 Å². The van der Waals surface area contributed by atoms with E-state index in [0.717, 1.165) is 5.56 Å². The summed E-state index contributed by atoms with van der Waals surface area (Å²) in [6.45, 7) is 10.2. The van der Waals surface area contributed by atoms with E-state index in [2.05, 4.69) is 15.6 Å². The van der Waals surface area contributed by atoms with Gasteiger partial charge in [0.05, 0.1) is 13.2 Å². The fourth-order valence-corrected chi connectivity index (χ4v) is 3.15. The second kappa shape index (κ2) is 11.1. The van der Waals surface area contributed by atoms with Crippen LogP contribution in [0.5, 0.6) is 0 Å². The van der Waals surface area contributed by atoms with Crippen molar-refractivity contribution in [3.8, 4) is 0 Å². The van der Waals surface area contributed by atoms with Crippen molar-refractivity contribution in [1.29, 1.82) is 0 Å². The largest absolute Gasteiger partial charge is 0.444 e. The van der Waals surface area contributed by atoms with Gasteiger partial charge in [-0.25, -0.2) is 4.79 Å². The Morgan fingerprint density at radius 1 is 1.32 bits per heavy atom. The molecule has 1 aromatic heterocycles. The van der Waals surface area contributed by atoms with Gasteiger partial charge in [-0.3, -0.25) is 19.5 Å². The van der Waals surface area contributed by atoms with Gasteiger partial charge in [0.25, 0.3) is 0 Å². The summed E-state index contributed by atoms with van der Waals surface area (Å²) in [5.74, 6) is -0.543. The third-order valence-electron chi connectivity index (χ3n) is 4.59. The summed E-state index contributed by atoms with van der Waals surface area (Å²) in [6.07, 6.45) is 3.23. The zero-order valence-corrected chi connectivity index (χ0v) is 19.0. The van der Waals surface area contributed by atoms with Gasteiger partial charge in [0.2, 0.25) is 11.8 Å². The van der Waals surface area contributed by atoms with E-state index in [1.807, 2.05) is 19.9 Å². The second-order valence-corrected chi connectivity index (χ2v) is 9.03. The summed E-state index contributed by atoms with van der Waals surface area (Å²) in [4.78, 5) is 43.8. The highest BCUT2D eigenvalue weighted by Crippen LogP contribution is 2.15. The molecule has 0 saturated carbocycles. The molecule has 2 atom stereocenters. The zero-order chi connectivity index (χ0) is 23.0. The van der Waals surface area contributed by atoms with E-state index >= 15 is 0 Å². The molecule has 1 aromatic rings. The van der Waals surface area contributed by atoms with Gasteiger partial charge in [-0.05, 0) is 44.7 Å². The minimum atomic E-state index is -0.857. The van der Waals surface area contributed by atoms with Crippen molar-refractivity contribution in [2.24, 2.45) is 5.92 Å². The van der Waals surface area contributed by atoms with E-state index in [1.165, 1.54) is 4.90 Å². The van der Waals surface area contributed by atoms with Gasteiger partial charge in [0.15, 0.2) is 0 Å². The number of hydrogen-bond donors (Lipinski definition) is 2. The highest BCUT2D eigenvalue weighted by molar-refractivity contribution is 5.91.